The Labute approximate surface area is 94.6 Å². The molecule has 0 atom stereocenters. The molecule has 0 aliphatic rings. The van der Waals surface area contributed by atoms with E-state index in [0.717, 1.165) is 0 Å². The first-order valence-corrected chi connectivity index (χ1v) is 5.58. The van der Waals surface area contributed by atoms with Crippen LogP contribution in [0.1, 0.15) is 34.6 Å². The van der Waals surface area contributed by atoms with Gasteiger partial charge in [-0.05, 0) is 34.6 Å². The molecule has 0 aliphatic carbocycles. The van der Waals surface area contributed by atoms with Gasteiger partial charge >= 0.3 is 0 Å². The molecule has 0 spiro atoms. The highest BCUT2D eigenvalue weighted by atomic mass is 79.9. The Morgan fingerprint density at radius 3 is 2.00 bits per heavy atom. The summed E-state index contributed by atoms with van der Waals surface area (Å²) in [6.07, 6.45) is 0. The highest BCUT2D eigenvalue weighted by Gasteiger charge is 2.30. The van der Waals surface area contributed by atoms with Gasteiger partial charge in [0.25, 0.3) is 0 Å². The molecule has 0 aliphatic heterocycles. The summed E-state index contributed by atoms with van der Waals surface area (Å²) in [6.45, 7) is 9.89. The predicted octanol–water partition coefficient (Wildman–Crippen LogP) is 1.78. The Kier molecular flexibility index (Phi) is 4.59. The van der Waals surface area contributed by atoms with Crippen LogP contribution < -0.4 is 0 Å². The number of carbonyl (C=O) groups excluding carboxylic acids is 1. The Hall–Kier alpha value is -0.0900. The molecule has 84 valence electrons. The van der Waals surface area contributed by atoms with E-state index in [-0.39, 0.29) is 5.91 Å². The maximum atomic E-state index is 11.8. The lowest BCUT2D eigenvalue weighted by Crippen LogP contribution is -2.47. The predicted molar refractivity (Wildman–Crippen MR) is 61.6 cm³/mol. The normalized spacial score (nSPS) is 12.8. The maximum absolute atomic E-state index is 11.8. The van der Waals surface area contributed by atoms with Crippen LogP contribution in [0.15, 0.2) is 0 Å². The van der Waals surface area contributed by atoms with Gasteiger partial charge in [0.2, 0.25) is 5.91 Å². The molecule has 1 N–H and O–H groups in total. The first-order chi connectivity index (χ1) is 6.08. The molecule has 1 amide bonds. The van der Waals surface area contributed by atoms with Crippen molar-refractivity contribution in [3.63, 3.8) is 0 Å². The van der Waals surface area contributed by atoms with Gasteiger partial charge in [-0.1, -0.05) is 15.9 Å². The number of aliphatic hydroxyl groups is 1. The first kappa shape index (κ1) is 13.9. The maximum Gasteiger partial charge on any atom is 0.238 e. The topological polar surface area (TPSA) is 40.5 Å². The second kappa shape index (κ2) is 4.62. The van der Waals surface area contributed by atoms with Gasteiger partial charge in [-0.25, -0.2) is 0 Å². The molecule has 0 fully saturated rings. The largest absolute Gasteiger partial charge is 0.389 e. The third-order valence-corrected chi connectivity index (χ3v) is 2.09. The minimum atomic E-state index is -0.843. The molecule has 0 saturated heterocycles. The average Bonchev–Trinajstić information content (AvgIpc) is 1.95. The van der Waals surface area contributed by atoms with Crippen molar-refractivity contribution in [1.82, 2.24) is 4.90 Å². The molecule has 0 aromatic carbocycles. The van der Waals surface area contributed by atoms with Crippen LogP contribution in [0, 0.1) is 0 Å². The van der Waals surface area contributed by atoms with Crippen molar-refractivity contribution in [2.45, 2.75) is 44.5 Å². The Balaban J connectivity index is 4.51. The van der Waals surface area contributed by atoms with Crippen LogP contribution in [0.2, 0.25) is 0 Å². The molecule has 0 unspecified atom stereocenters. The SMILES string of the molecule is CCN(CC(C)(C)O)C(=O)C(C)(C)Br. The third kappa shape index (κ3) is 4.96. The van der Waals surface area contributed by atoms with Crippen LogP contribution in [0.4, 0.5) is 0 Å². The van der Waals surface area contributed by atoms with Crippen molar-refractivity contribution in [3.8, 4) is 0 Å². The zero-order valence-corrected chi connectivity index (χ0v) is 11.2. The van der Waals surface area contributed by atoms with Gasteiger partial charge in [0.1, 0.15) is 0 Å². The Morgan fingerprint density at radius 2 is 1.79 bits per heavy atom. The van der Waals surface area contributed by atoms with Gasteiger partial charge < -0.3 is 10.0 Å². The van der Waals surface area contributed by atoms with E-state index < -0.39 is 9.93 Å². The van der Waals surface area contributed by atoms with Crippen molar-refractivity contribution in [2.75, 3.05) is 13.1 Å². The lowest BCUT2D eigenvalue weighted by Gasteiger charge is -2.32. The summed E-state index contributed by atoms with van der Waals surface area (Å²) in [7, 11) is 0. The fourth-order valence-electron chi connectivity index (χ4n) is 1.17. The Morgan fingerprint density at radius 1 is 1.36 bits per heavy atom. The minimum Gasteiger partial charge on any atom is -0.389 e. The van der Waals surface area contributed by atoms with Crippen LogP contribution in [-0.4, -0.2) is 38.9 Å². The fraction of sp³-hybridized carbons (Fsp3) is 0.900. The van der Waals surface area contributed by atoms with Gasteiger partial charge in [-0.3, -0.25) is 4.79 Å². The molecule has 0 aromatic rings. The second-order valence-corrected chi connectivity index (χ2v) is 6.59. The van der Waals surface area contributed by atoms with Gasteiger partial charge in [-0.2, -0.15) is 0 Å². The molecule has 14 heavy (non-hydrogen) atoms. The van der Waals surface area contributed by atoms with Crippen LogP contribution in [-0.2, 0) is 4.79 Å². The molecule has 0 rings (SSSR count). The quantitative estimate of drug-likeness (QED) is 0.788. The highest BCUT2D eigenvalue weighted by Crippen LogP contribution is 2.20. The molecule has 0 heterocycles. The monoisotopic (exact) mass is 265 g/mol. The highest BCUT2D eigenvalue weighted by molar-refractivity contribution is 9.10. The lowest BCUT2D eigenvalue weighted by atomic mass is 10.1. The first-order valence-electron chi connectivity index (χ1n) is 4.78. The van der Waals surface area contributed by atoms with Gasteiger partial charge in [0.05, 0.1) is 9.93 Å². The number of amides is 1. The Bertz CT molecular complexity index is 203. The standard InChI is InChI=1S/C10H20BrNO2/c1-6-12(7-9(2,3)14)8(13)10(4,5)11/h14H,6-7H2,1-5H3. The summed E-state index contributed by atoms with van der Waals surface area (Å²) in [5, 5.41) is 9.62. The van der Waals surface area contributed by atoms with E-state index in [1.807, 2.05) is 20.8 Å². The molecule has 0 aromatic heterocycles. The van der Waals surface area contributed by atoms with Gasteiger partial charge in [-0.15, -0.1) is 0 Å². The second-order valence-electron chi connectivity index (χ2n) is 4.60. The lowest BCUT2D eigenvalue weighted by molar-refractivity contribution is -0.135. The number of halogens is 1. The number of alkyl halides is 1. The number of hydrogen-bond donors (Lipinski definition) is 1. The average molecular weight is 266 g/mol. The summed E-state index contributed by atoms with van der Waals surface area (Å²) in [4.78, 5) is 13.5. The van der Waals surface area contributed by atoms with E-state index in [2.05, 4.69) is 15.9 Å². The van der Waals surface area contributed by atoms with E-state index in [9.17, 15) is 9.90 Å². The van der Waals surface area contributed by atoms with E-state index in [4.69, 9.17) is 0 Å². The summed E-state index contributed by atoms with van der Waals surface area (Å²) < 4.78 is -0.561. The fourth-order valence-corrected chi connectivity index (χ4v) is 1.42. The third-order valence-electron chi connectivity index (χ3n) is 1.76. The van der Waals surface area contributed by atoms with Crippen molar-refractivity contribution in [2.24, 2.45) is 0 Å². The summed E-state index contributed by atoms with van der Waals surface area (Å²) in [6, 6.07) is 0. The van der Waals surface area contributed by atoms with E-state index in [0.29, 0.717) is 13.1 Å². The van der Waals surface area contributed by atoms with Crippen molar-refractivity contribution in [1.29, 1.82) is 0 Å². The number of likely N-dealkylation sites (N-methyl/N-ethyl adjacent to an activating group) is 1. The van der Waals surface area contributed by atoms with Crippen LogP contribution in [0.25, 0.3) is 0 Å². The smallest absolute Gasteiger partial charge is 0.238 e. The molecule has 3 nitrogen and oxygen atoms in total. The minimum absolute atomic E-state index is 0.00197. The zero-order valence-electron chi connectivity index (χ0n) is 9.59. The van der Waals surface area contributed by atoms with E-state index in [1.165, 1.54) is 0 Å². The van der Waals surface area contributed by atoms with Crippen molar-refractivity contribution >= 4 is 21.8 Å². The summed E-state index contributed by atoms with van der Waals surface area (Å²) >= 11 is 3.32. The summed E-state index contributed by atoms with van der Waals surface area (Å²) in [5.41, 5.74) is -0.843. The van der Waals surface area contributed by atoms with Crippen LogP contribution in [0.3, 0.4) is 0 Å². The van der Waals surface area contributed by atoms with Crippen LogP contribution in [0.5, 0.6) is 0 Å². The van der Waals surface area contributed by atoms with Crippen LogP contribution >= 0.6 is 15.9 Å². The molecular formula is C10H20BrNO2. The van der Waals surface area contributed by atoms with E-state index >= 15 is 0 Å². The number of carbonyl (C=O) groups is 1. The number of hydrogen-bond acceptors (Lipinski definition) is 2. The van der Waals surface area contributed by atoms with Gasteiger partial charge in [0, 0.05) is 13.1 Å². The molecule has 0 bridgehead atoms. The number of rotatable bonds is 4. The van der Waals surface area contributed by atoms with E-state index in [1.54, 1.807) is 18.7 Å². The molecule has 4 heteroatoms. The molecule has 0 radical (unpaired) electrons. The van der Waals surface area contributed by atoms with Crippen molar-refractivity contribution < 1.29 is 9.90 Å². The molecule has 0 saturated carbocycles. The number of nitrogens with zero attached hydrogens (tertiary/aromatic N) is 1. The van der Waals surface area contributed by atoms with Crippen molar-refractivity contribution in [3.05, 3.63) is 0 Å². The van der Waals surface area contributed by atoms with Gasteiger partial charge in [0.15, 0.2) is 0 Å². The molecular weight excluding hydrogens is 246 g/mol. The summed E-state index contributed by atoms with van der Waals surface area (Å²) in [5.74, 6) is 0.00197. The zero-order chi connectivity index (χ0) is 11.6.